The van der Waals surface area contributed by atoms with E-state index < -0.39 is 3.79 Å². The first-order valence-corrected chi connectivity index (χ1v) is 8.72. The van der Waals surface area contributed by atoms with Crippen molar-refractivity contribution in [3.05, 3.63) is 0 Å². The Hall–Kier alpha value is 0.870. The van der Waals surface area contributed by atoms with E-state index in [0.717, 1.165) is 12.8 Å². The van der Waals surface area contributed by atoms with Crippen molar-refractivity contribution in [1.29, 1.82) is 0 Å². The fourth-order valence-electron chi connectivity index (χ4n) is 2.28. The summed E-state index contributed by atoms with van der Waals surface area (Å²) in [6, 6.07) is 0. The minimum atomic E-state index is -1.07. The first-order valence-electron chi connectivity index (χ1n) is 7.59. The Balaban J connectivity index is 3.73. The molecular weight excluding hydrogens is 287 g/mol. The summed E-state index contributed by atoms with van der Waals surface area (Å²) in [5.74, 6) is 0.236. The van der Waals surface area contributed by atoms with Gasteiger partial charge < -0.3 is 0 Å². The summed E-state index contributed by atoms with van der Waals surface area (Å²) in [5, 5.41) is 0. The molecular formula is C15H29Cl3. The molecule has 0 aliphatic carbocycles. The number of alkyl halides is 3. The molecule has 0 aromatic heterocycles. The molecule has 3 heteroatoms. The second-order valence-electron chi connectivity index (χ2n) is 5.29. The van der Waals surface area contributed by atoms with Crippen LogP contribution in [0.2, 0.25) is 0 Å². The lowest BCUT2D eigenvalue weighted by Gasteiger charge is -2.24. The lowest BCUT2D eigenvalue weighted by molar-refractivity contribution is 0.411. The lowest BCUT2D eigenvalue weighted by atomic mass is 9.96. The summed E-state index contributed by atoms with van der Waals surface area (Å²) in [6.45, 7) is 4.45. The Morgan fingerprint density at radius 2 is 1.06 bits per heavy atom. The van der Waals surface area contributed by atoms with Crippen LogP contribution in [0.5, 0.6) is 0 Å². The molecule has 1 atom stereocenters. The third-order valence-corrected chi connectivity index (χ3v) is 4.45. The molecule has 0 aliphatic heterocycles. The molecule has 0 bridgehead atoms. The molecule has 18 heavy (non-hydrogen) atoms. The van der Waals surface area contributed by atoms with E-state index in [1.54, 1.807) is 0 Å². The van der Waals surface area contributed by atoms with Crippen LogP contribution in [0.1, 0.15) is 84.5 Å². The van der Waals surface area contributed by atoms with Crippen molar-refractivity contribution in [1.82, 2.24) is 0 Å². The molecule has 0 nitrogen and oxygen atoms in total. The Kier molecular flexibility index (Phi) is 12.2. The third kappa shape index (κ3) is 10.8. The van der Waals surface area contributed by atoms with Gasteiger partial charge in [0.05, 0.1) is 0 Å². The smallest absolute Gasteiger partial charge is 0.0834 e. The maximum Gasteiger partial charge on any atom is 0.193 e. The standard InChI is InChI=1S/C15H29Cl3/c1-3-5-7-8-9-11-13-14(15(16,17)18)12-10-6-4-2/h14H,3-13H2,1-2H3. The van der Waals surface area contributed by atoms with E-state index in [4.69, 9.17) is 34.8 Å². The molecule has 0 aromatic carbocycles. The molecule has 110 valence electrons. The molecule has 0 saturated heterocycles. The van der Waals surface area contributed by atoms with Crippen molar-refractivity contribution in [2.24, 2.45) is 5.92 Å². The molecule has 0 amide bonds. The molecule has 0 aliphatic rings. The zero-order valence-corrected chi connectivity index (χ0v) is 14.3. The van der Waals surface area contributed by atoms with E-state index in [1.165, 1.54) is 57.8 Å². The van der Waals surface area contributed by atoms with Crippen molar-refractivity contribution in [2.75, 3.05) is 0 Å². The Morgan fingerprint density at radius 3 is 1.56 bits per heavy atom. The Labute approximate surface area is 129 Å². The van der Waals surface area contributed by atoms with Crippen LogP contribution in [0.15, 0.2) is 0 Å². The highest BCUT2D eigenvalue weighted by molar-refractivity contribution is 6.67. The highest BCUT2D eigenvalue weighted by atomic mass is 35.6. The van der Waals surface area contributed by atoms with Crippen molar-refractivity contribution >= 4 is 34.8 Å². The van der Waals surface area contributed by atoms with Gasteiger partial charge in [-0.15, -0.1) is 0 Å². The topological polar surface area (TPSA) is 0 Å². The molecule has 0 saturated carbocycles. The van der Waals surface area contributed by atoms with Crippen LogP contribution < -0.4 is 0 Å². The first kappa shape index (κ1) is 18.9. The lowest BCUT2D eigenvalue weighted by Crippen LogP contribution is -2.19. The van der Waals surface area contributed by atoms with Gasteiger partial charge in [0.25, 0.3) is 0 Å². The summed E-state index contributed by atoms with van der Waals surface area (Å²) < 4.78 is -1.07. The Morgan fingerprint density at radius 1 is 0.667 bits per heavy atom. The van der Waals surface area contributed by atoms with Gasteiger partial charge in [-0.1, -0.05) is 106 Å². The summed E-state index contributed by atoms with van der Waals surface area (Å²) in [6.07, 6.45) is 13.6. The molecule has 0 aromatic rings. The van der Waals surface area contributed by atoms with E-state index >= 15 is 0 Å². The minimum absolute atomic E-state index is 0.236. The van der Waals surface area contributed by atoms with Crippen molar-refractivity contribution < 1.29 is 0 Å². The number of rotatable bonds is 11. The highest BCUT2D eigenvalue weighted by Gasteiger charge is 2.31. The van der Waals surface area contributed by atoms with Gasteiger partial charge in [-0.05, 0) is 12.8 Å². The fourth-order valence-corrected chi connectivity index (χ4v) is 2.94. The molecule has 0 rings (SSSR count). The van der Waals surface area contributed by atoms with Crippen LogP contribution in [0.3, 0.4) is 0 Å². The van der Waals surface area contributed by atoms with Crippen LogP contribution in [-0.2, 0) is 0 Å². The van der Waals surface area contributed by atoms with Gasteiger partial charge in [-0.3, -0.25) is 0 Å². The summed E-state index contributed by atoms with van der Waals surface area (Å²) in [5.41, 5.74) is 0. The molecule has 0 spiro atoms. The van der Waals surface area contributed by atoms with Crippen LogP contribution in [0, 0.1) is 5.92 Å². The second kappa shape index (κ2) is 11.7. The van der Waals surface area contributed by atoms with Crippen molar-refractivity contribution in [2.45, 2.75) is 88.3 Å². The molecule has 0 N–H and O–H groups in total. The summed E-state index contributed by atoms with van der Waals surface area (Å²) in [4.78, 5) is 0. The minimum Gasteiger partial charge on any atom is -0.0834 e. The highest BCUT2D eigenvalue weighted by Crippen LogP contribution is 2.40. The second-order valence-corrected chi connectivity index (χ2v) is 7.66. The Bertz CT molecular complexity index is 175. The number of unbranched alkanes of at least 4 members (excludes halogenated alkanes) is 7. The van der Waals surface area contributed by atoms with E-state index in [-0.39, 0.29) is 5.92 Å². The van der Waals surface area contributed by atoms with Crippen LogP contribution in [0.25, 0.3) is 0 Å². The van der Waals surface area contributed by atoms with E-state index in [2.05, 4.69) is 13.8 Å². The largest absolute Gasteiger partial charge is 0.193 e. The predicted octanol–water partition coefficient (Wildman–Crippen LogP) is 7.30. The van der Waals surface area contributed by atoms with Gasteiger partial charge in [0.2, 0.25) is 0 Å². The first-order chi connectivity index (χ1) is 8.52. The molecule has 0 radical (unpaired) electrons. The maximum absolute atomic E-state index is 6.07. The van der Waals surface area contributed by atoms with Gasteiger partial charge in [0, 0.05) is 5.92 Å². The predicted molar refractivity (Wildman–Crippen MR) is 85.9 cm³/mol. The molecule has 0 heterocycles. The normalized spacial score (nSPS) is 13.8. The average Bonchev–Trinajstić information content (AvgIpc) is 2.30. The number of halogens is 3. The van der Waals surface area contributed by atoms with Crippen LogP contribution in [0.4, 0.5) is 0 Å². The average molecular weight is 316 g/mol. The van der Waals surface area contributed by atoms with Gasteiger partial charge >= 0.3 is 0 Å². The number of hydrogen-bond donors (Lipinski definition) is 0. The van der Waals surface area contributed by atoms with E-state index in [1.807, 2.05) is 0 Å². The van der Waals surface area contributed by atoms with Crippen molar-refractivity contribution in [3.8, 4) is 0 Å². The zero-order chi connectivity index (χ0) is 13.9. The van der Waals surface area contributed by atoms with Gasteiger partial charge in [0.15, 0.2) is 3.79 Å². The van der Waals surface area contributed by atoms with E-state index in [9.17, 15) is 0 Å². The number of hydrogen-bond acceptors (Lipinski definition) is 0. The fraction of sp³-hybridized carbons (Fsp3) is 1.00. The van der Waals surface area contributed by atoms with Crippen LogP contribution >= 0.6 is 34.8 Å². The molecule has 1 unspecified atom stereocenters. The quantitative estimate of drug-likeness (QED) is 0.277. The molecule has 0 fully saturated rings. The summed E-state index contributed by atoms with van der Waals surface area (Å²) in [7, 11) is 0. The summed E-state index contributed by atoms with van der Waals surface area (Å²) >= 11 is 18.2. The van der Waals surface area contributed by atoms with Gasteiger partial charge in [0.1, 0.15) is 0 Å². The van der Waals surface area contributed by atoms with Crippen LogP contribution in [-0.4, -0.2) is 3.79 Å². The van der Waals surface area contributed by atoms with Gasteiger partial charge in [-0.25, -0.2) is 0 Å². The monoisotopic (exact) mass is 314 g/mol. The SMILES string of the molecule is CCCCCCCCC(CCCCC)C(Cl)(Cl)Cl. The maximum atomic E-state index is 6.07. The zero-order valence-electron chi connectivity index (χ0n) is 12.0. The van der Waals surface area contributed by atoms with Gasteiger partial charge in [-0.2, -0.15) is 0 Å². The third-order valence-electron chi connectivity index (χ3n) is 3.53. The van der Waals surface area contributed by atoms with E-state index in [0.29, 0.717) is 0 Å². The van der Waals surface area contributed by atoms with Crippen molar-refractivity contribution in [3.63, 3.8) is 0 Å².